The van der Waals surface area contributed by atoms with Crippen LogP contribution in [0.2, 0.25) is 0 Å². The van der Waals surface area contributed by atoms with Crippen LogP contribution in [0.5, 0.6) is 0 Å². The van der Waals surface area contributed by atoms with Crippen molar-refractivity contribution < 1.29 is 4.79 Å². The third kappa shape index (κ3) is 5.55. The number of piperidine rings is 1. The number of carbonyl (C=O) groups excluding carboxylic acids is 1. The van der Waals surface area contributed by atoms with Crippen LogP contribution in [-0.4, -0.2) is 43.0 Å². The van der Waals surface area contributed by atoms with Crippen molar-refractivity contribution >= 4 is 36.4 Å². The summed E-state index contributed by atoms with van der Waals surface area (Å²) in [5, 5.41) is 0. The second-order valence-electron chi connectivity index (χ2n) is 6.15. The monoisotopic (exact) mass is 361 g/mol. The van der Waals surface area contributed by atoms with E-state index in [0.717, 1.165) is 25.9 Å². The molecule has 1 fully saturated rings. The van der Waals surface area contributed by atoms with Gasteiger partial charge in [0, 0.05) is 37.9 Å². The van der Waals surface area contributed by atoms with Gasteiger partial charge in [-0.25, -0.2) is 0 Å². The van der Waals surface area contributed by atoms with Gasteiger partial charge in [0.1, 0.15) is 0 Å². The van der Waals surface area contributed by atoms with Gasteiger partial charge in [-0.1, -0.05) is 25.1 Å². The number of para-hydroxylation sites is 1. The Morgan fingerprint density at radius 3 is 2.17 bits per heavy atom. The molecule has 0 radical (unpaired) electrons. The van der Waals surface area contributed by atoms with Crippen molar-refractivity contribution in [1.29, 1.82) is 0 Å². The SMILES string of the molecule is CC(N)C(C)C(=O)N1CCC(N(C)c2ccccc2)CC1.Cl.Cl. The Kier molecular flexibility index (Phi) is 9.59. The molecule has 0 spiro atoms. The van der Waals surface area contributed by atoms with Gasteiger partial charge in [-0.05, 0) is 31.9 Å². The molecule has 4 nitrogen and oxygen atoms in total. The van der Waals surface area contributed by atoms with Crippen LogP contribution in [0.4, 0.5) is 5.69 Å². The molecular weight excluding hydrogens is 333 g/mol. The Bertz CT molecular complexity index is 462. The number of likely N-dealkylation sites (tertiary alicyclic amines) is 1. The number of benzene rings is 1. The molecule has 23 heavy (non-hydrogen) atoms. The van der Waals surface area contributed by atoms with Crippen LogP contribution in [-0.2, 0) is 4.79 Å². The van der Waals surface area contributed by atoms with Gasteiger partial charge >= 0.3 is 0 Å². The second kappa shape index (κ2) is 10.0. The van der Waals surface area contributed by atoms with Crippen LogP contribution >= 0.6 is 24.8 Å². The van der Waals surface area contributed by atoms with Crippen molar-refractivity contribution in [2.75, 3.05) is 25.0 Å². The standard InChI is InChI=1S/C17H27N3O.2ClH/c1-13(14(2)18)17(21)20-11-9-16(10-12-20)19(3)15-7-5-4-6-8-15;;/h4-8,13-14,16H,9-12,18H2,1-3H3;2*1H. The minimum atomic E-state index is -0.0894. The first-order chi connectivity index (χ1) is 10.0. The molecule has 2 rings (SSSR count). The van der Waals surface area contributed by atoms with Crippen molar-refractivity contribution in [2.45, 2.75) is 38.8 Å². The number of hydrogen-bond donors (Lipinski definition) is 1. The van der Waals surface area contributed by atoms with Crippen molar-refractivity contribution in [3.05, 3.63) is 30.3 Å². The summed E-state index contributed by atoms with van der Waals surface area (Å²) < 4.78 is 0. The van der Waals surface area contributed by atoms with E-state index in [-0.39, 0.29) is 42.7 Å². The minimum Gasteiger partial charge on any atom is -0.371 e. The molecule has 132 valence electrons. The highest BCUT2D eigenvalue weighted by Gasteiger charge is 2.28. The van der Waals surface area contributed by atoms with Gasteiger partial charge in [0.2, 0.25) is 5.91 Å². The maximum absolute atomic E-state index is 12.3. The number of hydrogen-bond acceptors (Lipinski definition) is 3. The van der Waals surface area contributed by atoms with Gasteiger partial charge in [-0.2, -0.15) is 0 Å². The Balaban J connectivity index is 0.00000242. The highest BCUT2D eigenvalue weighted by atomic mass is 35.5. The predicted octanol–water partition coefficient (Wildman–Crippen LogP) is 2.94. The van der Waals surface area contributed by atoms with Gasteiger partial charge in [-0.3, -0.25) is 4.79 Å². The highest BCUT2D eigenvalue weighted by Crippen LogP contribution is 2.22. The largest absolute Gasteiger partial charge is 0.371 e. The Morgan fingerprint density at radius 1 is 1.17 bits per heavy atom. The Labute approximate surface area is 152 Å². The number of amides is 1. The van der Waals surface area contributed by atoms with Crippen LogP contribution in [0.25, 0.3) is 0 Å². The lowest BCUT2D eigenvalue weighted by atomic mass is 9.98. The van der Waals surface area contributed by atoms with E-state index in [1.54, 1.807) is 0 Å². The van der Waals surface area contributed by atoms with E-state index in [2.05, 4.69) is 36.2 Å². The molecule has 1 aliphatic heterocycles. The first-order valence-electron chi connectivity index (χ1n) is 7.83. The van der Waals surface area contributed by atoms with Crippen LogP contribution in [0.15, 0.2) is 30.3 Å². The first kappa shape index (κ1) is 22.0. The molecule has 0 bridgehead atoms. The van der Waals surface area contributed by atoms with E-state index in [1.807, 2.05) is 24.8 Å². The molecule has 1 aromatic carbocycles. The van der Waals surface area contributed by atoms with Gasteiger partial charge in [0.15, 0.2) is 0 Å². The number of nitrogens with two attached hydrogens (primary N) is 1. The lowest BCUT2D eigenvalue weighted by Gasteiger charge is -2.39. The summed E-state index contributed by atoms with van der Waals surface area (Å²) in [4.78, 5) is 16.6. The van der Waals surface area contributed by atoms with Crippen molar-refractivity contribution in [3.8, 4) is 0 Å². The van der Waals surface area contributed by atoms with E-state index in [9.17, 15) is 4.79 Å². The normalized spacial score (nSPS) is 17.5. The lowest BCUT2D eigenvalue weighted by Crippen LogP contribution is -2.49. The summed E-state index contributed by atoms with van der Waals surface area (Å²) in [5.41, 5.74) is 7.08. The average molecular weight is 362 g/mol. The van der Waals surface area contributed by atoms with Crippen LogP contribution < -0.4 is 10.6 Å². The molecule has 1 amide bonds. The quantitative estimate of drug-likeness (QED) is 0.896. The van der Waals surface area contributed by atoms with E-state index in [4.69, 9.17) is 5.73 Å². The van der Waals surface area contributed by atoms with Gasteiger partial charge in [0.25, 0.3) is 0 Å². The molecule has 2 unspecified atom stereocenters. The molecule has 1 aromatic rings. The zero-order chi connectivity index (χ0) is 15.4. The number of anilines is 1. The maximum atomic E-state index is 12.3. The highest BCUT2D eigenvalue weighted by molar-refractivity contribution is 5.85. The van der Waals surface area contributed by atoms with E-state index < -0.39 is 0 Å². The molecule has 2 atom stereocenters. The number of carbonyl (C=O) groups is 1. The zero-order valence-corrected chi connectivity index (χ0v) is 15.8. The number of halogens is 2. The fourth-order valence-corrected chi connectivity index (χ4v) is 2.86. The van der Waals surface area contributed by atoms with E-state index in [0.29, 0.717) is 6.04 Å². The molecule has 1 aliphatic rings. The Hall–Kier alpha value is -0.970. The molecule has 0 aliphatic carbocycles. The van der Waals surface area contributed by atoms with Crippen LogP contribution in [0.1, 0.15) is 26.7 Å². The summed E-state index contributed by atoms with van der Waals surface area (Å²) in [6, 6.07) is 10.9. The third-order valence-corrected chi connectivity index (χ3v) is 4.67. The predicted molar refractivity (Wildman–Crippen MR) is 102 cm³/mol. The zero-order valence-electron chi connectivity index (χ0n) is 14.1. The summed E-state index contributed by atoms with van der Waals surface area (Å²) in [7, 11) is 2.14. The molecule has 1 heterocycles. The summed E-state index contributed by atoms with van der Waals surface area (Å²) >= 11 is 0. The van der Waals surface area contributed by atoms with Crippen LogP contribution in [0, 0.1) is 5.92 Å². The van der Waals surface area contributed by atoms with Gasteiger partial charge < -0.3 is 15.5 Å². The molecular formula is C17H29Cl2N3O. The second-order valence-corrected chi connectivity index (χ2v) is 6.15. The van der Waals surface area contributed by atoms with Gasteiger partial charge in [0.05, 0.1) is 5.92 Å². The maximum Gasteiger partial charge on any atom is 0.226 e. The Morgan fingerprint density at radius 2 is 1.70 bits per heavy atom. The van der Waals surface area contributed by atoms with E-state index >= 15 is 0 Å². The molecule has 1 saturated heterocycles. The van der Waals surface area contributed by atoms with Crippen molar-refractivity contribution in [1.82, 2.24) is 4.90 Å². The summed E-state index contributed by atoms with van der Waals surface area (Å²) in [6.07, 6.45) is 2.03. The minimum absolute atomic E-state index is 0. The van der Waals surface area contributed by atoms with Crippen molar-refractivity contribution in [2.24, 2.45) is 11.7 Å². The first-order valence-corrected chi connectivity index (χ1v) is 7.83. The third-order valence-electron chi connectivity index (χ3n) is 4.67. The smallest absolute Gasteiger partial charge is 0.226 e. The number of rotatable bonds is 4. The lowest BCUT2D eigenvalue weighted by molar-refractivity contribution is -0.136. The molecule has 2 N–H and O–H groups in total. The summed E-state index contributed by atoms with van der Waals surface area (Å²) in [5.74, 6) is 0.110. The topological polar surface area (TPSA) is 49.6 Å². The molecule has 0 aromatic heterocycles. The number of nitrogens with zero attached hydrogens (tertiary/aromatic N) is 2. The average Bonchev–Trinajstić information content (AvgIpc) is 2.53. The van der Waals surface area contributed by atoms with Gasteiger partial charge in [-0.15, -0.1) is 24.8 Å². The molecule has 6 heteroatoms. The fraction of sp³-hybridized carbons (Fsp3) is 0.588. The summed E-state index contributed by atoms with van der Waals surface area (Å²) in [6.45, 7) is 5.49. The van der Waals surface area contributed by atoms with Crippen LogP contribution in [0.3, 0.4) is 0 Å². The van der Waals surface area contributed by atoms with Crippen molar-refractivity contribution in [3.63, 3.8) is 0 Å². The molecule has 0 saturated carbocycles. The van der Waals surface area contributed by atoms with E-state index in [1.165, 1.54) is 5.69 Å². The fourth-order valence-electron chi connectivity index (χ4n) is 2.86.